The number of pyridine rings is 1. The Hall–Kier alpha value is -1.80. The molecule has 5 N–H and O–H groups in total. The maximum Gasteiger partial charge on any atom is 0.320 e. The molecule has 1 atom stereocenters. The number of nitrogens with two attached hydrogens (primary N) is 1. The van der Waals surface area contributed by atoms with Crippen molar-refractivity contribution in [1.29, 1.82) is 0 Å². The van der Waals surface area contributed by atoms with Crippen molar-refractivity contribution in [3.8, 4) is 0 Å². The molecule has 0 spiro atoms. The first-order valence-electron chi connectivity index (χ1n) is 5.61. The SMILES string of the molecule is NC(CCSCC(=O)NNc1ccccn1)C(=O)O. The average molecular weight is 284 g/mol. The van der Waals surface area contributed by atoms with Gasteiger partial charge >= 0.3 is 5.97 Å². The van der Waals surface area contributed by atoms with Crippen LogP contribution in [0.1, 0.15) is 6.42 Å². The number of carbonyl (C=O) groups excluding carboxylic acids is 1. The Labute approximate surface area is 114 Å². The Morgan fingerprint density at radius 3 is 2.89 bits per heavy atom. The fraction of sp³-hybridized carbons (Fsp3) is 0.364. The van der Waals surface area contributed by atoms with Gasteiger partial charge in [0.25, 0.3) is 0 Å². The lowest BCUT2D eigenvalue weighted by Gasteiger charge is -2.08. The van der Waals surface area contributed by atoms with Crippen molar-refractivity contribution in [3.63, 3.8) is 0 Å². The molecule has 7 nitrogen and oxygen atoms in total. The summed E-state index contributed by atoms with van der Waals surface area (Å²) in [5.74, 6) is 0.0616. The number of carboxylic acid groups (broad SMARTS) is 1. The maximum atomic E-state index is 11.4. The predicted molar refractivity (Wildman–Crippen MR) is 73.6 cm³/mol. The van der Waals surface area contributed by atoms with E-state index in [-0.39, 0.29) is 11.7 Å². The minimum atomic E-state index is -1.03. The summed E-state index contributed by atoms with van der Waals surface area (Å²) in [6.07, 6.45) is 1.94. The lowest BCUT2D eigenvalue weighted by Crippen LogP contribution is -2.32. The molecule has 0 bridgehead atoms. The number of aromatic nitrogens is 1. The van der Waals surface area contributed by atoms with Crippen LogP contribution in [0.25, 0.3) is 0 Å². The van der Waals surface area contributed by atoms with E-state index in [9.17, 15) is 9.59 Å². The standard InChI is InChI=1S/C11H16N4O3S/c12-8(11(17)18)4-6-19-7-10(16)15-14-9-3-1-2-5-13-9/h1-3,5,8H,4,6-7,12H2,(H,13,14)(H,15,16)(H,17,18). The largest absolute Gasteiger partial charge is 0.480 e. The lowest BCUT2D eigenvalue weighted by molar-refractivity contribution is -0.138. The van der Waals surface area contributed by atoms with Gasteiger partial charge in [-0.3, -0.25) is 20.4 Å². The van der Waals surface area contributed by atoms with Gasteiger partial charge in [-0.25, -0.2) is 4.98 Å². The van der Waals surface area contributed by atoms with Crippen LogP contribution in [0.5, 0.6) is 0 Å². The van der Waals surface area contributed by atoms with Gasteiger partial charge in [0, 0.05) is 6.20 Å². The number of rotatable bonds is 8. The molecular formula is C11H16N4O3S. The molecule has 1 unspecified atom stereocenters. The third-order valence-electron chi connectivity index (χ3n) is 2.12. The van der Waals surface area contributed by atoms with E-state index in [0.29, 0.717) is 18.0 Å². The summed E-state index contributed by atoms with van der Waals surface area (Å²) in [5, 5.41) is 8.57. The summed E-state index contributed by atoms with van der Waals surface area (Å²) < 4.78 is 0. The van der Waals surface area contributed by atoms with Crippen molar-refractivity contribution >= 4 is 29.5 Å². The summed E-state index contributed by atoms with van der Waals surface area (Å²) in [6, 6.07) is 4.42. The molecule has 0 fully saturated rings. The van der Waals surface area contributed by atoms with Crippen molar-refractivity contribution in [2.45, 2.75) is 12.5 Å². The first-order valence-corrected chi connectivity index (χ1v) is 6.77. The molecule has 19 heavy (non-hydrogen) atoms. The van der Waals surface area contributed by atoms with E-state index in [2.05, 4.69) is 15.8 Å². The fourth-order valence-corrected chi connectivity index (χ4v) is 1.93. The molecule has 1 aromatic heterocycles. The van der Waals surface area contributed by atoms with Gasteiger partial charge in [-0.15, -0.1) is 0 Å². The molecule has 0 saturated heterocycles. The Morgan fingerprint density at radius 2 is 2.26 bits per heavy atom. The van der Waals surface area contributed by atoms with Gasteiger partial charge < -0.3 is 10.8 Å². The molecule has 1 amide bonds. The Morgan fingerprint density at radius 1 is 1.47 bits per heavy atom. The molecular weight excluding hydrogens is 268 g/mol. The topological polar surface area (TPSA) is 117 Å². The Balaban J connectivity index is 2.10. The molecule has 1 aromatic rings. The summed E-state index contributed by atoms with van der Waals surface area (Å²) in [7, 11) is 0. The Bertz CT molecular complexity index is 416. The van der Waals surface area contributed by atoms with Gasteiger partial charge in [0.2, 0.25) is 5.91 Å². The minimum absolute atomic E-state index is 0.209. The van der Waals surface area contributed by atoms with E-state index >= 15 is 0 Å². The number of carboxylic acids is 1. The van der Waals surface area contributed by atoms with Crippen LogP contribution in [-0.4, -0.2) is 39.5 Å². The quantitative estimate of drug-likeness (QED) is 0.394. The zero-order valence-corrected chi connectivity index (χ0v) is 11.0. The van der Waals surface area contributed by atoms with Gasteiger partial charge in [-0.1, -0.05) is 6.07 Å². The van der Waals surface area contributed by atoms with E-state index in [0.717, 1.165) is 0 Å². The van der Waals surface area contributed by atoms with Crippen LogP contribution in [0.2, 0.25) is 0 Å². The molecule has 0 aliphatic rings. The third kappa shape index (κ3) is 6.63. The summed E-state index contributed by atoms with van der Waals surface area (Å²) in [4.78, 5) is 25.9. The van der Waals surface area contributed by atoms with E-state index in [4.69, 9.17) is 10.8 Å². The van der Waals surface area contributed by atoms with Crippen molar-refractivity contribution in [2.75, 3.05) is 16.9 Å². The number of thioether (sulfide) groups is 1. The summed E-state index contributed by atoms with van der Waals surface area (Å²) in [6.45, 7) is 0. The van der Waals surface area contributed by atoms with E-state index in [1.54, 1.807) is 24.4 Å². The molecule has 0 aliphatic heterocycles. The second kappa shape index (κ2) is 8.33. The first-order chi connectivity index (χ1) is 9.09. The highest BCUT2D eigenvalue weighted by Gasteiger charge is 2.11. The number of amides is 1. The summed E-state index contributed by atoms with van der Waals surface area (Å²) in [5.41, 5.74) is 10.5. The van der Waals surface area contributed by atoms with Crippen LogP contribution in [0.4, 0.5) is 5.82 Å². The molecule has 8 heteroatoms. The van der Waals surface area contributed by atoms with E-state index < -0.39 is 12.0 Å². The van der Waals surface area contributed by atoms with Crippen LogP contribution in [0, 0.1) is 0 Å². The van der Waals surface area contributed by atoms with Crippen molar-refractivity contribution in [1.82, 2.24) is 10.4 Å². The van der Waals surface area contributed by atoms with Crippen molar-refractivity contribution < 1.29 is 14.7 Å². The van der Waals surface area contributed by atoms with Crippen LogP contribution in [-0.2, 0) is 9.59 Å². The van der Waals surface area contributed by atoms with Crippen molar-refractivity contribution in [2.24, 2.45) is 5.73 Å². The molecule has 1 heterocycles. The van der Waals surface area contributed by atoms with Crippen LogP contribution < -0.4 is 16.6 Å². The van der Waals surface area contributed by atoms with Gasteiger partial charge in [0.1, 0.15) is 11.9 Å². The van der Waals surface area contributed by atoms with Crippen LogP contribution in [0.15, 0.2) is 24.4 Å². The maximum absolute atomic E-state index is 11.4. The third-order valence-corrected chi connectivity index (χ3v) is 3.11. The molecule has 104 valence electrons. The van der Waals surface area contributed by atoms with Gasteiger partial charge in [0.15, 0.2) is 0 Å². The zero-order chi connectivity index (χ0) is 14.1. The smallest absolute Gasteiger partial charge is 0.320 e. The molecule has 0 aliphatic carbocycles. The number of nitrogens with zero attached hydrogens (tertiary/aromatic N) is 1. The van der Waals surface area contributed by atoms with Gasteiger partial charge in [0.05, 0.1) is 5.75 Å². The number of hydrogen-bond donors (Lipinski definition) is 4. The normalized spacial score (nSPS) is 11.6. The predicted octanol–water partition coefficient (Wildman–Crippen LogP) is 0.0599. The second-order valence-corrected chi connectivity index (χ2v) is 4.78. The highest BCUT2D eigenvalue weighted by atomic mass is 32.2. The zero-order valence-electron chi connectivity index (χ0n) is 10.2. The fourth-order valence-electron chi connectivity index (χ4n) is 1.11. The average Bonchev–Trinajstić information content (AvgIpc) is 2.42. The lowest BCUT2D eigenvalue weighted by atomic mass is 10.2. The number of carbonyl (C=O) groups is 2. The first kappa shape index (κ1) is 15.3. The van der Waals surface area contributed by atoms with E-state index in [1.165, 1.54) is 11.8 Å². The second-order valence-electron chi connectivity index (χ2n) is 3.67. The van der Waals surface area contributed by atoms with Gasteiger partial charge in [-0.05, 0) is 24.3 Å². The number of hydrogen-bond acceptors (Lipinski definition) is 6. The highest BCUT2D eigenvalue weighted by Crippen LogP contribution is 2.04. The number of anilines is 1. The highest BCUT2D eigenvalue weighted by molar-refractivity contribution is 7.99. The molecule has 0 aromatic carbocycles. The molecule has 0 saturated carbocycles. The van der Waals surface area contributed by atoms with Gasteiger partial charge in [-0.2, -0.15) is 11.8 Å². The monoisotopic (exact) mass is 284 g/mol. The number of aliphatic carboxylic acids is 1. The van der Waals surface area contributed by atoms with E-state index in [1.807, 2.05) is 0 Å². The Kier molecular flexibility index (Phi) is 6.69. The van der Waals surface area contributed by atoms with Crippen LogP contribution in [0.3, 0.4) is 0 Å². The number of hydrazine groups is 1. The van der Waals surface area contributed by atoms with Crippen molar-refractivity contribution in [3.05, 3.63) is 24.4 Å². The van der Waals surface area contributed by atoms with Crippen LogP contribution >= 0.6 is 11.8 Å². The number of nitrogens with one attached hydrogen (secondary N) is 2. The minimum Gasteiger partial charge on any atom is -0.480 e. The molecule has 1 rings (SSSR count). The summed E-state index contributed by atoms with van der Waals surface area (Å²) >= 11 is 1.33. The molecule has 0 radical (unpaired) electrons.